The summed E-state index contributed by atoms with van der Waals surface area (Å²) < 4.78 is 15.3. The van der Waals surface area contributed by atoms with Gasteiger partial charge in [-0.25, -0.2) is 9.07 Å². The van der Waals surface area contributed by atoms with Gasteiger partial charge in [-0.3, -0.25) is 4.79 Å². The SMILES string of the molecule is CCC(C)n1nccc1NC(=O)Cc1ccccc1F. The quantitative estimate of drug-likeness (QED) is 0.911. The van der Waals surface area contributed by atoms with E-state index in [9.17, 15) is 9.18 Å². The summed E-state index contributed by atoms with van der Waals surface area (Å²) in [5, 5.41) is 6.97. The molecule has 1 heterocycles. The second kappa shape index (κ2) is 6.32. The van der Waals surface area contributed by atoms with Gasteiger partial charge in [0.2, 0.25) is 5.91 Å². The molecule has 5 heteroatoms. The molecule has 4 nitrogen and oxygen atoms in total. The lowest BCUT2D eigenvalue weighted by atomic mass is 10.1. The summed E-state index contributed by atoms with van der Waals surface area (Å²) in [6.45, 7) is 4.08. The first-order chi connectivity index (χ1) is 9.61. The van der Waals surface area contributed by atoms with Crippen LogP contribution in [0.4, 0.5) is 10.2 Å². The van der Waals surface area contributed by atoms with Gasteiger partial charge >= 0.3 is 0 Å². The van der Waals surface area contributed by atoms with Crippen molar-refractivity contribution in [2.24, 2.45) is 0 Å². The molecule has 0 aliphatic rings. The van der Waals surface area contributed by atoms with E-state index in [1.54, 1.807) is 35.1 Å². The van der Waals surface area contributed by atoms with Crippen molar-refractivity contribution in [2.45, 2.75) is 32.7 Å². The predicted octanol–water partition coefficient (Wildman–Crippen LogP) is 3.17. The number of carbonyl (C=O) groups is 1. The van der Waals surface area contributed by atoms with Gasteiger partial charge in [0.05, 0.1) is 18.7 Å². The standard InChI is InChI=1S/C15H18FN3O/c1-3-11(2)19-14(8-9-17-19)18-15(20)10-12-6-4-5-7-13(12)16/h4-9,11H,3,10H2,1-2H3,(H,18,20). The van der Waals surface area contributed by atoms with Crippen molar-refractivity contribution in [1.29, 1.82) is 0 Å². The molecule has 0 bridgehead atoms. The highest BCUT2D eigenvalue weighted by Crippen LogP contribution is 2.17. The number of rotatable bonds is 5. The normalized spacial score (nSPS) is 12.2. The van der Waals surface area contributed by atoms with Gasteiger partial charge < -0.3 is 5.32 Å². The molecule has 2 rings (SSSR count). The van der Waals surface area contributed by atoms with Gasteiger partial charge in [0.15, 0.2) is 0 Å². The van der Waals surface area contributed by atoms with Crippen LogP contribution >= 0.6 is 0 Å². The molecule has 2 aromatic rings. The largest absolute Gasteiger partial charge is 0.311 e. The van der Waals surface area contributed by atoms with Crippen LogP contribution in [0.2, 0.25) is 0 Å². The van der Waals surface area contributed by atoms with Crippen LogP contribution in [0.25, 0.3) is 0 Å². The zero-order valence-corrected chi connectivity index (χ0v) is 11.6. The summed E-state index contributed by atoms with van der Waals surface area (Å²) in [6.07, 6.45) is 2.57. The summed E-state index contributed by atoms with van der Waals surface area (Å²) in [4.78, 5) is 12.0. The van der Waals surface area contributed by atoms with Gasteiger partial charge in [-0.15, -0.1) is 0 Å². The number of anilines is 1. The van der Waals surface area contributed by atoms with Crippen LogP contribution in [0.15, 0.2) is 36.5 Å². The molecule has 1 unspecified atom stereocenters. The van der Waals surface area contributed by atoms with E-state index in [-0.39, 0.29) is 24.2 Å². The number of amides is 1. The molecule has 1 aromatic heterocycles. The van der Waals surface area contributed by atoms with Gasteiger partial charge in [-0.1, -0.05) is 25.1 Å². The van der Waals surface area contributed by atoms with Crippen LogP contribution < -0.4 is 5.32 Å². The first-order valence-electron chi connectivity index (χ1n) is 6.68. The Morgan fingerprint density at radius 2 is 2.15 bits per heavy atom. The van der Waals surface area contributed by atoms with Crippen LogP contribution in [0, 0.1) is 5.82 Å². The Hall–Kier alpha value is -2.17. The third kappa shape index (κ3) is 3.23. The smallest absolute Gasteiger partial charge is 0.230 e. The van der Waals surface area contributed by atoms with Crippen LogP contribution in [0.3, 0.4) is 0 Å². The Labute approximate surface area is 117 Å². The van der Waals surface area contributed by atoms with Crippen molar-refractivity contribution in [2.75, 3.05) is 5.32 Å². The highest BCUT2D eigenvalue weighted by atomic mass is 19.1. The van der Waals surface area contributed by atoms with Gasteiger partial charge in [-0.2, -0.15) is 5.10 Å². The summed E-state index contributed by atoms with van der Waals surface area (Å²) in [7, 11) is 0. The molecule has 0 aliphatic heterocycles. The molecule has 106 valence electrons. The molecular formula is C15H18FN3O. The average molecular weight is 275 g/mol. The summed E-state index contributed by atoms with van der Waals surface area (Å²) in [6, 6.07) is 8.23. The maximum absolute atomic E-state index is 13.5. The fourth-order valence-corrected chi connectivity index (χ4v) is 1.94. The van der Waals surface area contributed by atoms with E-state index < -0.39 is 0 Å². The minimum atomic E-state index is -0.363. The number of hydrogen-bond donors (Lipinski definition) is 1. The zero-order chi connectivity index (χ0) is 14.5. The number of halogens is 1. The van der Waals surface area contributed by atoms with Gasteiger partial charge in [0.1, 0.15) is 11.6 Å². The van der Waals surface area contributed by atoms with Crippen molar-refractivity contribution in [3.05, 3.63) is 47.9 Å². The number of hydrogen-bond acceptors (Lipinski definition) is 2. The van der Waals surface area contributed by atoms with E-state index >= 15 is 0 Å². The Morgan fingerprint density at radius 1 is 1.40 bits per heavy atom. The fraction of sp³-hybridized carbons (Fsp3) is 0.333. The molecule has 1 aromatic carbocycles. The average Bonchev–Trinajstić information content (AvgIpc) is 2.88. The maximum atomic E-state index is 13.5. The fourth-order valence-electron chi connectivity index (χ4n) is 1.94. The monoisotopic (exact) mass is 275 g/mol. The first-order valence-corrected chi connectivity index (χ1v) is 6.68. The van der Waals surface area contributed by atoms with Crippen LogP contribution in [-0.2, 0) is 11.2 Å². The van der Waals surface area contributed by atoms with Crippen LogP contribution in [0.1, 0.15) is 31.9 Å². The summed E-state index contributed by atoms with van der Waals surface area (Å²) >= 11 is 0. The molecule has 20 heavy (non-hydrogen) atoms. The first kappa shape index (κ1) is 14.2. The number of benzene rings is 1. The summed E-state index contributed by atoms with van der Waals surface area (Å²) in [5.74, 6) is 0.0268. The molecule has 1 atom stereocenters. The van der Waals surface area contributed by atoms with E-state index in [1.165, 1.54) is 6.07 Å². The maximum Gasteiger partial charge on any atom is 0.230 e. The number of carbonyl (C=O) groups excluding carboxylic acids is 1. The summed E-state index contributed by atoms with van der Waals surface area (Å²) in [5.41, 5.74) is 0.389. The highest BCUT2D eigenvalue weighted by Gasteiger charge is 2.12. The molecular weight excluding hydrogens is 257 g/mol. The van der Waals surface area contributed by atoms with Crippen LogP contribution in [0.5, 0.6) is 0 Å². The zero-order valence-electron chi connectivity index (χ0n) is 11.6. The second-order valence-electron chi connectivity index (χ2n) is 4.73. The van der Waals surface area contributed by atoms with Crippen molar-refractivity contribution < 1.29 is 9.18 Å². The Bertz CT molecular complexity index is 594. The van der Waals surface area contributed by atoms with Crippen molar-refractivity contribution >= 4 is 11.7 Å². The molecule has 1 N–H and O–H groups in total. The minimum Gasteiger partial charge on any atom is -0.311 e. The topological polar surface area (TPSA) is 46.9 Å². The second-order valence-corrected chi connectivity index (χ2v) is 4.73. The Balaban J connectivity index is 2.06. The van der Waals surface area contributed by atoms with Crippen LogP contribution in [-0.4, -0.2) is 15.7 Å². The lowest BCUT2D eigenvalue weighted by molar-refractivity contribution is -0.115. The predicted molar refractivity (Wildman–Crippen MR) is 76.0 cm³/mol. The lowest BCUT2D eigenvalue weighted by Gasteiger charge is -2.14. The molecule has 0 saturated heterocycles. The van der Waals surface area contributed by atoms with Gasteiger partial charge in [0.25, 0.3) is 0 Å². The third-order valence-electron chi connectivity index (χ3n) is 3.25. The molecule has 0 radical (unpaired) electrons. The molecule has 1 amide bonds. The van der Waals surface area contributed by atoms with Gasteiger partial charge in [-0.05, 0) is 25.0 Å². The number of nitrogens with zero attached hydrogens (tertiary/aromatic N) is 2. The molecule has 0 saturated carbocycles. The Morgan fingerprint density at radius 3 is 2.85 bits per heavy atom. The van der Waals surface area contributed by atoms with E-state index in [0.717, 1.165) is 6.42 Å². The highest BCUT2D eigenvalue weighted by molar-refractivity contribution is 5.91. The third-order valence-corrected chi connectivity index (χ3v) is 3.25. The number of nitrogens with one attached hydrogen (secondary N) is 1. The van der Waals surface area contributed by atoms with E-state index in [4.69, 9.17) is 0 Å². The van der Waals surface area contributed by atoms with Crippen molar-refractivity contribution in [3.8, 4) is 0 Å². The van der Waals surface area contributed by atoms with E-state index in [1.807, 2.05) is 6.92 Å². The number of aromatic nitrogens is 2. The Kier molecular flexibility index (Phi) is 4.50. The lowest BCUT2D eigenvalue weighted by Crippen LogP contribution is -2.19. The van der Waals surface area contributed by atoms with Crippen molar-refractivity contribution in [1.82, 2.24) is 9.78 Å². The molecule has 0 aliphatic carbocycles. The molecule has 0 spiro atoms. The minimum absolute atomic E-state index is 0.0123. The molecule has 0 fully saturated rings. The van der Waals surface area contributed by atoms with Crippen molar-refractivity contribution in [3.63, 3.8) is 0 Å². The van der Waals surface area contributed by atoms with E-state index in [0.29, 0.717) is 11.4 Å². The van der Waals surface area contributed by atoms with Gasteiger partial charge in [0, 0.05) is 6.07 Å². The van der Waals surface area contributed by atoms with E-state index in [2.05, 4.69) is 17.3 Å².